The van der Waals surface area contributed by atoms with Crippen LogP contribution in [0.25, 0.3) is 0 Å². The average Bonchev–Trinajstić information content (AvgIpc) is 2.42. The van der Waals surface area contributed by atoms with Gasteiger partial charge in [0.1, 0.15) is 5.75 Å². The van der Waals surface area contributed by atoms with Crippen molar-refractivity contribution in [3.63, 3.8) is 0 Å². The van der Waals surface area contributed by atoms with Crippen LogP contribution in [0.5, 0.6) is 5.75 Å². The fourth-order valence-electron chi connectivity index (χ4n) is 1.62. The third-order valence-corrected chi connectivity index (χ3v) is 2.93. The molecule has 3 nitrogen and oxygen atoms in total. The van der Waals surface area contributed by atoms with E-state index in [1.807, 2.05) is 19.1 Å². The molecule has 0 aliphatic heterocycles. The van der Waals surface area contributed by atoms with Crippen LogP contribution in [-0.4, -0.2) is 24.9 Å². The third kappa shape index (κ3) is 5.07. The topological polar surface area (TPSA) is 41.5 Å². The number of ether oxygens (including phenoxy) is 1. The highest BCUT2D eigenvalue weighted by Gasteiger charge is 2.05. The Labute approximate surface area is 110 Å². The first-order valence-electron chi connectivity index (χ1n) is 6.74. The Bertz CT molecular complexity index is 324. The van der Waals surface area contributed by atoms with Crippen LogP contribution in [0.1, 0.15) is 38.8 Å². The van der Waals surface area contributed by atoms with Crippen molar-refractivity contribution in [2.24, 2.45) is 5.92 Å². The highest BCUT2D eigenvalue weighted by atomic mass is 16.5. The van der Waals surface area contributed by atoms with E-state index >= 15 is 0 Å². The second-order valence-electron chi connectivity index (χ2n) is 4.84. The van der Waals surface area contributed by atoms with Crippen LogP contribution in [0, 0.1) is 5.92 Å². The Kier molecular flexibility index (Phi) is 6.76. The fraction of sp³-hybridized carbons (Fsp3) is 0.600. The van der Waals surface area contributed by atoms with Gasteiger partial charge in [-0.1, -0.05) is 26.0 Å². The number of nitrogens with one attached hydrogen (secondary N) is 1. The first-order chi connectivity index (χ1) is 8.67. The molecule has 0 spiro atoms. The van der Waals surface area contributed by atoms with E-state index in [0.29, 0.717) is 12.6 Å². The van der Waals surface area contributed by atoms with Gasteiger partial charge < -0.3 is 15.2 Å². The van der Waals surface area contributed by atoms with Gasteiger partial charge in [-0.15, -0.1) is 0 Å². The third-order valence-electron chi connectivity index (χ3n) is 2.93. The van der Waals surface area contributed by atoms with Crippen LogP contribution in [0.4, 0.5) is 0 Å². The highest BCUT2D eigenvalue weighted by molar-refractivity contribution is 5.28. The molecule has 1 rings (SSSR count). The van der Waals surface area contributed by atoms with E-state index in [9.17, 15) is 0 Å². The molecule has 0 bridgehead atoms. The second kappa shape index (κ2) is 8.11. The van der Waals surface area contributed by atoms with E-state index in [2.05, 4.69) is 31.3 Å². The standard InChI is InChI=1S/C15H25NO2/c1-4-9-16-13(3)14-5-7-15(8-6-14)18-11-12(2)10-17/h5-8,12-13,16-17H,4,9-11H2,1-3H3. The normalized spacial score (nSPS) is 14.2. The van der Waals surface area contributed by atoms with Crippen LogP contribution in [-0.2, 0) is 0 Å². The molecule has 2 unspecified atom stereocenters. The van der Waals surface area contributed by atoms with Crippen molar-refractivity contribution in [1.29, 1.82) is 0 Å². The highest BCUT2D eigenvalue weighted by Crippen LogP contribution is 2.18. The van der Waals surface area contributed by atoms with Crippen molar-refractivity contribution in [1.82, 2.24) is 5.32 Å². The Hall–Kier alpha value is -1.06. The van der Waals surface area contributed by atoms with Gasteiger partial charge in [0.05, 0.1) is 6.61 Å². The molecule has 0 amide bonds. The SMILES string of the molecule is CCCNC(C)c1ccc(OCC(C)CO)cc1. The summed E-state index contributed by atoms with van der Waals surface area (Å²) in [6.45, 7) is 8.05. The van der Waals surface area contributed by atoms with Crippen LogP contribution in [0.2, 0.25) is 0 Å². The molecule has 0 aliphatic rings. The Morgan fingerprint density at radius 2 is 1.89 bits per heavy atom. The molecule has 102 valence electrons. The summed E-state index contributed by atoms with van der Waals surface area (Å²) in [5.41, 5.74) is 1.27. The molecule has 1 aromatic rings. The summed E-state index contributed by atoms with van der Waals surface area (Å²) < 4.78 is 5.59. The van der Waals surface area contributed by atoms with Gasteiger partial charge in [0, 0.05) is 18.6 Å². The Morgan fingerprint density at radius 3 is 2.44 bits per heavy atom. The molecule has 0 aliphatic carbocycles. The van der Waals surface area contributed by atoms with E-state index in [1.54, 1.807) is 0 Å². The quantitative estimate of drug-likeness (QED) is 0.746. The first-order valence-corrected chi connectivity index (χ1v) is 6.74. The van der Waals surface area contributed by atoms with Gasteiger partial charge in [-0.25, -0.2) is 0 Å². The number of hydrogen-bond donors (Lipinski definition) is 2. The van der Waals surface area contributed by atoms with E-state index in [1.165, 1.54) is 5.56 Å². The second-order valence-corrected chi connectivity index (χ2v) is 4.84. The lowest BCUT2D eigenvalue weighted by atomic mass is 10.1. The molecule has 2 N–H and O–H groups in total. The summed E-state index contributed by atoms with van der Waals surface area (Å²) in [6, 6.07) is 8.53. The number of benzene rings is 1. The maximum atomic E-state index is 8.92. The predicted octanol–water partition coefficient (Wildman–Crippen LogP) is 2.75. The molecule has 1 aromatic carbocycles. The van der Waals surface area contributed by atoms with E-state index in [-0.39, 0.29) is 12.5 Å². The lowest BCUT2D eigenvalue weighted by Gasteiger charge is -2.15. The molecular formula is C15H25NO2. The molecule has 0 fully saturated rings. The van der Waals surface area contributed by atoms with Crippen LogP contribution in [0.15, 0.2) is 24.3 Å². The zero-order chi connectivity index (χ0) is 13.4. The van der Waals surface area contributed by atoms with E-state index in [0.717, 1.165) is 18.7 Å². The van der Waals surface area contributed by atoms with Gasteiger partial charge in [-0.2, -0.15) is 0 Å². The van der Waals surface area contributed by atoms with Crippen molar-refractivity contribution in [2.75, 3.05) is 19.8 Å². The zero-order valence-electron chi connectivity index (χ0n) is 11.6. The zero-order valence-corrected chi connectivity index (χ0v) is 11.6. The average molecular weight is 251 g/mol. The van der Waals surface area contributed by atoms with Crippen molar-refractivity contribution < 1.29 is 9.84 Å². The van der Waals surface area contributed by atoms with Crippen molar-refractivity contribution in [3.8, 4) is 5.75 Å². The van der Waals surface area contributed by atoms with Gasteiger partial charge >= 0.3 is 0 Å². The summed E-state index contributed by atoms with van der Waals surface area (Å²) in [5.74, 6) is 1.04. The Balaban J connectivity index is 2.46. The van der Waals surface area contributed by atoms with Crippen molar-refractivity contribution in [3.05, 3.63) is 29.8 Å². The van der Waals surface area contributed by atoms with Crippen molar-refractivity contribution in [2.45, 2.75) is 33.2 Å². The molecule has 3 heteroatoms. The molecule has 0 radical (unpaired) electrons. The molecular weight excluding hydrogens is 226 g/mol. The number of hydrogen-bond acceptors (Lipinski definition) is 3. The molecule has 0 aromatic heterocycles. The minimum atomic E-state index is 0.163. The van der Waals surface area contributed by atoms with Gasteiger partial charge in [-0.3, -0.25) is 0 Å². The Morgan fingerprint density at radius 1 is 1.22 bits per heavy atom. The maximum absolute atomic E-state index is 8.92. The summed E-state index contributed by atoms with van der Waals surface area (Å²) in [7, 11) is 0. The number of rotatable bonds is 8. The van der Waals surface area contributed by atoms with Crippen molar-refractivity contribution >= 4 is 0 Å². The lowest BCUT2D eigenvalue weighted by Crippen LogP contribution is -2.19. The van der Waals surface area contributed by atoms with E-state index < -0.39 is 0 Å². The summed E-state index contributed by atoms with van der Waals surface area (Å²) in [6.07, 6.45) is 1.14. The molecule has 18 heavy (non-hydrogen) atoms. The molecule has 0 heterocycles. The summed E-state index contributed by atoms with van der Waals surface area (Å²) in [5, 5.41) is 12.4. The van der Waals surface area contributed by atoms with Gasteiger partial charge in [-0.05, 0) is 37.6 Å². The van der Waals surface area contributed by atoms with Gasteiger partial charge in [0.25, 0.3) is 0 Å². The predicted molar refractivity (Wildman–Crippen MR) is 74.9 cm³/mol. The minimum Gasteiger partial charge on any atom is -0.493 e. The fourth-order valence-corrected chi connectivity index (χ4v) is 1.62. The van der Waals surface area contributed by atoms with Crippen LogP contribution >= 0.6 is 0 Å². The first kappa shape index (κ1) is 15.0. The largest absolute Gasteiger partial charge is 0.493 e. The van der Waals surface area contributed by atoms with Crippen LogP contribution in [0.3, 0.4) is 0 Å². The van der Waals surface area contributed by atoms with Crippen LogP contribution < -0.4 is 10.1 Å². The molecule has 2 atom stereocenters. The van der Waals surface area contributed by atoms with Gasteiger partial charge in [0.15, 0.2) is 0 Å². The lowest BCUT2D eigenvalue weighted by molar-refractivity contribution is 0.174. The summed E-state index contributed by atoms with van der Waals surface area (Å²) in [4.78, 5) is 0. The minimum absolute atomic E-state index is 0.163. The number of aliphatic hydroxyl groups excluding tert-OH is 1. The number of aliphatic hydroxyl groups is 1. The van der Waals surface area contributed by atoms with E-state index in [4.69, 9.17) is 9.84 Å². The van der Waals surface area contributed by atoms with Gasteiger partial charge in [0.2, 0.25) is 0 Å². The maximum Gasteiger partial charge on any atom is 0.119 e. The molecule has 0 saturated heterocycles. The monoisotopic (exact) mass is 251 g/mol. The summed E-state index contributed by atoms with van der Waals surface area (Å²) >= 11 is 0. The smallest absolute Gasteiger partial charge is 0.119 e. The molecule has 0 saturated carbocycles.